The smallest absolute Gasteiger partial charge is 0.228 e. The molecule has 1 aliphatic carbocycles. The Kier molecular flexibility index (Phi) is 3.38. The number of nitrogens with two attached hydrogens (primary N) is 1. The molecule has 96 valence electrons. The molecule has 2 heterocycles. The highest BCUT2D eigenvalue weighted by Crippen LogP contribution is 2.28. The molecule has 1 aliphatic rings. The summed E-state index contributed by atoms with van der Waals surface area (Å²) < 4.78 is 5.26. The molecule has 3 rings (SSSR count). The van der Waals surface area contributed by atoms with E-state index >= 15 is 0 Å². The van der Waals surface area contributed by atoms with Crippen LogP contribution in [0.4, 0.5) is 0 Å². The summed E-state index contributed by atoms with van der Waals surface area (Å²) in [4.78, 5) is 9.31. The molecule has 1 saturated carbocycles. The van der Waals surface area contributed by atoms with E-state index in [9.17, 15) is 0 Å². The first-order valence-corrected chi connectivity index (χ1v) is 7.18. The zero-order chi connectivity index (χ0) is 12.4. The summed E-state index contributed by atoms with van der Waals surface area (Å²) in [6.07, 6.45) is 7.49. The van der Waals surface area contributed by atoms with Gasteiger partial charge in [0.05, 0.1) is 10.4 Å². The quantitative estimate of drug-likeness (QED) is 0.916. The van der Waals surface area contributed by atoms with Crippen molar-refractivity contribution in [2.75, 3.05) is 0 Å². The molecule has 1 unspecified atom stereocenters. The lowest BCUT2D eigenvalue weighted by Crippen LogP contribution is -2.30. The first-order chi connectivity index (χ1) is 8.83. The molecule has 0 aliphatic heterocycles. The molecule has 18 heavy (non-hydrogen) atoms. The molecular formula is C12H16N4OS. The Bertz CT molecular complexity index is 490. The van der Waals surface area contributed by atoms with Gasteiger partial charge in [-0.05, 0) is 18.8 Å². The van der Waals surface area contributed by atoms with Crippen LogP contribution in [0.3, 0.4) is 0 Å². The Morgan fingerprint density at radius 2 is 2.28 bits per heavy atom. The molecule has 2 N–H and O–H groups in total. The van der Waals surface area contributed by atoms with Crippen LogP contribution in [0, 0.1) is 5.92 Å². The van der Waals surface area contributed by atoms with E-state index in [1.165, 1.54) is 37.0 Å². The maximum atomic E-state index is 6.20. The van der Waals surface area contributed by atoms with E-state index in [2.05, 4.69) is 15.1 Å². The fourth-order valence-corrected chi connectivity index (χ4v) is 3.06. The van der Waals surface area contributed by atoms with E-state index in [-0.39, 0.29) is 6.04 Å². The highest BCUT2D eigenvalue weighted by Gasteiger charge is 2.24. The standard InChI is InChI=1S/C12H16N4OS/c13-9(8-3-1-2-4-8)5-11-15-12(16-17-11)10-6-14-7-18-10/h6-9H,1-5,13H2. The first kappa shape index (κ1) is 11.8. The van der Waals surface area contributed by atoms with Crippen LogP contribution in [-0.2, 0) is 6.42 Å². The second kappa shape index (κ2) is 5.16. The SMILES string of the molecule is NC(Cc1nc(-c2cncs2)no1)C1CCCC1. The average Bonchev–Trinajstić information content (AvgIpc) is 3.12. The zero-order valence-electron chi connectivity index (χ0n) is 10.1. The summed E-state index contributed by atoms with van der Waals surface area (Å²) in [5.74, 6) is 1.87. The van der Waals surface area contributed by atoms with Crippen LogP contribution in [-0.4, -0.2) is 21.2 Å². The minimum atomic E-state index is 0.141. The Morgan fingerprint density at radius 1 is 1.44 bits per heavy atom. The minimum Gasteiger partial charge on any atom is -0.339 e. The van der Waals surface area contributed by atoms with Crippen LogP contribution in [0.5, 0.6) is 0 Å². The molecule has 2 aromatic heterocycles. The minimum absolute atomic E-state index is 0.141. The second-order valence-electron chi connectivity index (χ2n) is 4.79. The summed E-state index contributed by atoms with van der Waals surface area (Å²) in [5.41, 5.74) is 7.96. The number of rotatable bonds is 4. The lowest BCUT2D eigenvalue weighted by Gasteiger charge is -2.16. The number of thiazole rings is 1. The van der Waals surface area contributed by atoms with Crippen molar-refractivity contribution in [1.82, 2.24) is 15.1 Å². The first-order valence-electron chi connectivity index (χ1n) is 6.30. The highest BCUT2D eigenvalue weighted by molar-refractivity contribution is 7.13. The maximum absolute atomic E-state index is 6.20. The van der Waals surface area contributed by atoms with Gasteiger partial charge in [-0.1, -0.05) is 18.0 Å². The number of hydrogen-bond donors (Lipinski definition) is 1. The molecule has 2 aromatic rings. The van der Waals surface area contributed by atoms with Crippen molar-refractivity contribution < 1.29 is 4.52 Å². The van der Waals surface area contributed by atoms with Crippen LogP contribution in [0.1, 0.15) is 31.6 Å². The predicted molar refractivity (Wildman–Crippen MR) is 69.0 cm³/mol. The van der Waals surface area contributed by atoms with Crippen LogP contribution >= 0.6 is 11.3 Å². The molecule has 0 amide bonds. The van der Waals surface area contributed by atoms with Crippen molar-refractivity contribution in [3.8, 4) is 10.7 Å². The van der Waals surface area contributed by atoms with Gasteiger partial charge in [0.2, 0.25) is 11.7 Å². The second-order valence-corrected chi connectivity index (χ2v) is 5.68. The van der Waals surface area contributed by atoms with Crippen molar-refractivity contribution >= 4 is 11.3 Å². The van der Waals surface area contributed by atoms with Gasteiger partial charge in [0.1, 0.15) is 0 Å². The summed E-state index contributed by atoms with van der Waals surface area (Å²) in [7, 11) is 0. The van der Waals surface area contributed by atoms with Gasteiger partial charge in [0.25, 0.3) is 0 Å². The van der Waals surface area contributed by atoms with Crippen molar-refractivity contribution in [2.45, 2.75) is 38.1 Å². The van der Waals surface area contributed by atoms with E-state index in [1.807, 2.05) is 0 Å². The van der Waals surface area contributed by atoms with E-state index < -0.39 is 0 Å². The van der Waals surface area contributed by atoms with E-state index in [0.717, 1.165) is 4.88 Å². The summed E-state index contributed by atoms with van der Waals surface area (Å²) in [5, 5.41) is 3.97. The molecule has 0 aromatic carbocycles. The molecular weight excluding hydrogens is 248 g/mol. The Labute approximate surface area is 109 Å². The Morgan fingerprint density at radius 3 is 3.00 bits per heavy atom. The Hall–Kier alpha value is -1.27. The van der Waals surface area contributed by atoms with E-state index in [4.69, 9.17) is 10.3 Å². The van der Waals surface area contributed by atoms with E-state index in [0.29, 0.717) is 24.1 Å². The predicted octanol–water partition coefficient (Wildman–Crippen LogP) is 2.25. The number of aromatic nitrogens is 3. The largest absolute Gasteiger partial charge is 0.339 e. The zero-order valence-corrected chi connectivity index (χ0v) is 10.9. The third kappa shape index (κ3) is 2.44. The summed E-state index contributed by atoms with van der Waals surface area (Å²) in [6, 6.07) is 0.141. The third-order valence-electron chi connectivity index (χ3n) is 3.54. The topological polar surface area (TPSA) is 77.8 Å². The molecule has 1 atom stereocenters. The lowest BCUT2D eigenvalue weighted by atomic mass is 9.96. The van der Waals surface area contributed by atoms with Gasteiger partial charge in [0.15, 0.2) is 0 Å². The van der Waals surface area contributed by atoms with Crippen LogP contribution < -0.4 is 5.73 Å². The normalized spacial score (nSPS) is 18.3. The third-order valence-corrected chi connectivity index (χ3v) is 4.31. The van der Waals surface area contributed by atoms with Crippen molar-refractivity contribution in [1.29, 1.82) is 0 Å². The van der Waals surface area contributed by atoms with Gasteiger partial charge >= 0.3 is 0 Å². The fraction of sp³-hybridized carbons (Fsp3) is 0.583. The molecule has 0 spiro atoms. The van der Waals surface area contributed by atoms with Crippen LogP contribution in [0.25, 0.3) is 10.7 Å². The van der Waals surface area contributed by atoms with Crippen molar-refractivity contribution in [3.05, 3.63) is 17.6 Å². The number of hydrogen-bond acceptors (Lipinski definition) is 6. The van der Waals surface area contributed by atoms with E-state index in [1.54, 1.807) is 11.7 Å². The van der Waals surface area contributed by atoms with Gasteiger partial charge in [-0.25, -0.2) is 0 Å². The van der Waals surface area contributed by atoms with Crippen LogP contribution in [0.15, 0.2) is 16.2 Å². The van der Waals surface area contributed by atoms with Gasteiger partial charge in [-0.3, -0.25) is 4.98 Å². The average molecular weight is 264 g/mol. The monoisotopic (exact) mass is 264 g/mol. The van der Waals surface area contributed by atoms with Gasteiger partial charge in [-0.2, -0.15) is 4.98 Å². The van der Waals surface area contributed by atoms with Crippen molar-refractivity contribution in [3.63, 3.8) is 0 Å². The summed E-state index contributed by atoms with van der Waals surface area (Å²) >= 11 is 1.51. The number of nitrogens with zero attached hydrogens (tertiary/aromatic N) is 3. The van der Waals surface area contributed by atoms with Gasteiger partial charge in [-0.15, -0.1) is 11.3 Å². The van der Waals surface area contributed by atoms with Gasteiger partial charge in [0, 0.05) is 18.7 Å². The van der Waals surface area contributed by atoms with Crippen molar-refractivity contribution in [2.24, 2.45) is 11.7 Å². The highest BCUT2D eigenvalue weighted by atomic mass is 32.1. The lowest BCUT2D eigenvalue weighted by molar-refractivity contribution is 0.341. The molecule has 5 nitrogen and oxygen atoms in total. The maximum Gasteiger partial charge on any atom is 0.228 e. The molecule has 0 radical (unpaired) electrons. The fourth-order valence-electron chi connectivity index (χ4n) is 2.52. The summed E-state index contributed by atoms with van der Waals surface area (Å²) in [6.45, 7) is 0. The molecule has 6 heteroatoms. The molecule has 0 saturated heterocycles. The van der Waals surface area contributed by atoms with Gasteiger partial charge < -0.3 is 10.3 Å². The Balaban J connectivity index is 1.66. The molecule has 1 fully saturated rings. The van der Waals surface area contributed by atoms with Crippen LogP contribution in [0.2, 0.25) is 0 Å². The molecule has 0 bridgehead atoms.